The number of rotatable bonds is 4. The van der Waals surface area contributed by atoms with Crippen molar-refractivity contribution in [3.63, 3.8) is 0 Å². The summed E-state index contributed by atoms with van der Waals surface area (Å²) in [6, 6.07) is 1.42. The van der Waals surface area contributed by atoms with Crippen LogP contribution in [-0.2, 0) is 0 Å². The van der Waals surface area contributed by atoms with E-state index in [2.05, 4.69) is 18.7 Å². The molecular weight excluding hydrogens is 279 g/mol. The van der Waals surface area contributed by atoms with Crippen LogP contribution in [0.25, 0.3) is 0 Å². The van der Waals surface area contributed by atoms with E-state index in [9.17, 15) is 13.2 Å². The molecule has 1 heterocycles. The average molecular weight is 301 g/mol. The van der Waals surface area contributed by atoms with Crippen LogP contribution in [-0.4, -0.2) is 48.6 Å². The predicted molar refractivity (Wildman–Crippen MR) is 76.4 cm³/mol. The molecule has 2 atom stereocenters. The molecule has 0 saturated carbocycles. The summed E-state index contributed by atoms with van der Waals surface area (Å²) in [5.74, 6) is -2.95. The molecule has 1 aliphatic heterocycles. The Morgan fingerprint density at radius 3 is 2.43 bits per heavy atom. The summed E-state index contributed by atoms with van der Waals surface area (Å²) in [6.07, 6.45) is 0. The summed E-state index contributed by atoms with van der Waals surface area (Å²) < 4.78 is 40.4. The molecule has 0 radical (unpaired) electrons. The van der Waals surface area contributed by atoms with Gasteiger partial charge in [0.2, 0.25) is 0 Å². The van der Waals surface area contributed by atoms with Gasteiger partial charge >= 0.3 is 0 Å². The van der Waals surface area contributed by atoms with Crippen molar-refractivity contribution in [2.75, 3.05) is 32.7 Å². The maximum atomic E-state index is 14.0. The number of hydrogen-bond acceptors (Lipinski definition) is 3. The quantitative estimate of drug-likeness (QED) is 0.865. The highest BCUT2D eigenvalue weighted by Crippen LogP contribution is 2.27. The molecule has 2 rings (SSSR count). The molecule has 1 saturated heterocycles. The van der Waals surface area contributed by atoms with E-state index in [1.807, 2.05) is 4.90 Å². The summed E-state index contributed by atoms with van der Waals surface area (Å²) in [5, 5.41) is 0. The van der Waals surface area contributed by atoms with Gasteiger partial charge in [0.15, 0.2) is 11.6 Å². The summed E-state index contributed by atoms with van der Waals surface area (Å²) in [6.45, 7) is 7.65. The third-order valence-corrected chi connectivity index (χ3v) is 4.27. The largest absolute Gasteiger partial charge is 0.329 e. The molecule has 0 aliphatic carbocycles. The van der Waals surface area contributed by atoms with Crippen molar-refractivity contribution in [3.8, 4) is 0 Å². The number of nitrogens with zero attached hydrogens (tertiary/aromatic N) is 2. The van der Waals surface area contributed by atoms with Crippen LogP contribution in [0.5, 0.6) is 0 Å². The lowest BCUT2D eigenvalue weighted by Gasteiger charge is -2.42. The number of benzene rings is 1. The van der Waals surface area contributed by atoms with Gasteiger partial charge in [0.05, 0.1) is 6.04 Å². The second-order valence-corrected chi connectivity index (χ2v) is 5.51. The fourth-order valence-electron chi connectivity index (χ4n) is 3.04. The fraction of sp³-hybridized carbons (Fsp3) is 0.600. The molecule has 21 heavy (non-hydrogen) atoms. The van der Waals surface area contributed by atoms with Crippen molar-refractivity contribution in [2.24, 2.45) is 5.73 Å². The zero-order chi connectivity index (χ0) is 15.6. The Balaban J connectivity index is 2.23. The second kappa shape index (κ2) is 6.77. The SMILES string of the molecule is CCN1CCN(C(CN)c2cc(F)c(F)cc2F)CC1C. The van der Waals surface area contributed by atoms with Gasteiger partial charge < -0.3 is 5.73 Å². The molecule has 0 aromatic heterocycles. The highest BCUT2D eigenvalue weighted by atomic mass is 19.2. The van der Waals surface area contributed by atoms with E-state index >= 15 is 0 Å². The molecule has 118 valence electrons. The molecule has 0 amide bonds. The fourth-order valence-corrected chi connectivity index (χ4v) is 3.04. The Labute approximate surface area is 123 Å². The van der Waals surface area contributed by atoms with Gasteiger partial charge in [-0.1, -0.05) is 6.92 Å². The van der Waals surface area contributed by atoms with Crippen molar-refractivity contribution >= 4 is 0 Å². The minimum atomic E-state index is -1.17. The summed E-state index contributed by atoms with van der Waals surface area (Å²) >= 11 is 0. The van der Waals surface area contributed by atoms with Crippen molar-refractivity contribution in [3.05, 3.63) is 35.1 Å². The van der Waals surface area contributed by atoms with Crippen molar-refractivity contribution in [1.82, 2.24) is 9.80 Å². The van der Waals surface area contributed by atoms with E-state index in [1.165, 1.54) is 0 Å². The van der Waals surface area contributed by atoms with Crippen LogP contribution in [0.4, 0.5) is 13.2 Å². The zero-order valence-corrected chi connectivity index (χ0v) is 12.5. The van der Waals surface area contributed by atoms with E-state index in [0.29, 0.717) is 12.1 Å². The zero-order valence-electron chi connectivity index (χ0n) is 12.5. The monoisotopic (exact) mass is 301 g/mol. The lowest BCUT2D eigenvalue weighted by molar-refractivity contribution is 0.0594. The highest BCUT2D eigenvalue weighted by molar-refractivity contribution is 5.24. The number of piperazine rings is 1. The smallest absolute Gasteiger partial charge is 0.161 e. The third-order valence-electron chi connectivity index (χ3n) is 4.27. The second-order valence-electron chi connectivity index (χ2n) is 5.51. The summed E-state index contributed by atoms with van der Waals surface area (Å²) in [4.78, 5) is 4.37. The molecule has 0 bridgehead atoms. The van der Waals surface area contributed by atoms with E-state index in [1.54, 1.807) is 0 Å². The van der Waals surface area contributed by atoms with Gasteiger partial charge in [-0.3, -0.25) is 9.80 Å². The Hall–Kier alpha value is -1.11. The van der Waals surface area contributed by atoms with Crippen LogP contribution in [0.2, 0.25) is 0 Å². The maximum Gasteiger partial charge on any atom is 0.161 e. The molecule has 6 heteroatoms. The average Bonchev–Trinajstić information content (AvgIpc) is 2.45. The van der Waals surface area contributed by atoms with Crippen LogP contribution in [0.15, 0.2) is 12.1 Å². The van der Waals surface area contributed by atoms with Crippen molar-refractivity contribution in [1.29, 1.82) is 0 Å². The van der Waals surface area contributed by atoms with E-state index in [0.717, 1.165) is 32.2 Å². The van der Waals surface area contributed by atoms with E-state index in [-0.39, 0.29) is 12.1 Å². The number of likely N-dealkylation sites (N-methyl/N-ethyl adjacent to an activating group) is 1. The lowest BCUT2D eigenvalue weighted by atomic mass is 10.0. The van der Waals surface area contributed by atoms with Crippen LogP contribution >= 0.6 is 0 Å². The first-order valence-electron chi connectivity index (χ1n) is 7.30. The van der Waals surface area contributed by atoms with Gasteiger partial charge in [0.25, 0.3) is 0 Å². The number of nitrogens with two attached hydrogens (primary N) is 1. The molecule has 2 N–H and O–H groups in total. The van der Waals surface area contributed by atoms with Gasteiger partial charge in [-0.05, 0) is 19.5 Å². The molecule has 2 unspecified atom stereocenters. The van der Waals surface area contributed by atoms with Gasteiger partial charge in [-0.2, -0.15) is 0 Å². The minimum absolute atomic E-state index is 0.133. The Bertz CT molecular complexity index is 495. The third kappa shape index (κ3) is 3.39. The van der Waals surface area contributed by atoms with Crippen LogP contribution in [0, 0.1) is 17.5 Å². The van der Waals surface area contributed by atoms with Crippen molar-refractivity contribution in [2.45, 2.75) is 25.9 Å². The van der Waals surface area contributed by atoms with E-state index < -0.39 is 23.5 Å². The Kier molecular flexibility index (Phi) is 5.24. The lowest BCUT2D eigenvalue weighted by Crippen LogP contribution is -2.53. The van der Waals surface area contributed by atoms with Crippen LogP contribution in [0.1, 0.15) is 25.5 Å². The first kappa shape index (κ1) is 16.3. The van der Waals surface area contributed by atoms with Crippen molar-refractivity contribution < 1.29 is 13.2 Å². The molecular formula is C15H22F3N3. The predicted octanol–water partition coefficient (Wildman–Crippen LogP) is 2.13. The number of halogens is 3. The highest BCUT2D eigenvalue weighted by Gasteiger charge is 2.29. The Morgan fingerprint density at radius 1 is 1.19 bits per heavy atom. The molecule has 3 nitrogen and oxygen atoms in total. The van der Waals surface area contributed by atoms with Gasteiger partial charge in [-0.15, -0.1) is 0 Å². The molecule has 0 spiro atoms. The van der Waals surface area contributed by atoms with Gasteiger partial charge in [-0.25, -0.2) is 13.2 Å². The molecule has 1 aromatic carbocycles. The maximum absolute atomic E-state index is 14.0. The van der Waals surface area contributed by atoms with Gasteiger partial charge in [0.1, 0.15) is 5.82 Å². The first-order chi connectivity index (χ1) is 9.97. The topological polar surface area (TPSA) is 32.5 Å². The molecule has 1 fully saturated rings. The Morgan fingerprint density at radius 2 is 1.86 bits per heavy atom. The normalized spacial score (nSPS) is 22.5. The van der Waals surface area contributed by atoms with Gasteiger partial charge in [0, 0.05) is 43.9 Å². The standard InChI is InChI=1S/C15H22F3N3/c1-3-20-4-5-21(9-10(20)2)15(8-19)11-6-13(17)14(18)7-12(11)16/h6-7,10,15H,3-5,8-9,19H2,1-2H3. The molecule has 1 aliphatic rings. The van der Waals surface area contributed by atoms with Crippen LogP contribution in [0.3, 0.4) is 0 Å². The minimum Gasteiger partial charge on any atom is -0.329 e. The van der Waals surface area contributed by atoms with E-state index in [4.69, 9.17) is 5.73 Å². The summed E-state index contributed by atoms with van der Waals surface area (Å²) in [7, 11) is 0. The first-order valence-corrected chi connectivity index (χ1v) is 7.30. The molecule has 1 aromatic rings. The summed E-state index contributed by atoms with van der Waals surface area (Å²) in [5.41, 5.74) is 5.90. The van der Waals surface area contributed by atoms with Crippen LogP contribution < -0.4 is 5.73 Å². The number of hydrogen-bond donors (Lipinski definition) is 1.